The lowest BCUT2D eigenvalue weighted by molar-refractivity contribution is -0.394. The van der Waals surface area contributed by atoms with Crippen molar-refractivity contribution < 1.29 is 14.6 Å². The number of hydrogen-bond acceptors (Lipinski definition) is 6. The molecular formula is C12H7ClN4O5. The number of amides is 1. The molecule has 0 fully saturated rings. The number of nitro groups is 2. The van der Waals surface area contributed by atoms with Crippen LogP contribution in [0.25, 0.3) is 0 Å². The van der Waals surface area contributed by atoms with Crippen LogP contribution in [-0.2, 0) is 0 Å². The maximum atomic E-state index is 12.1. The Morgan fingerprint density at radius 2 is 1.68 bits per heavy atom. The molecule has 1 aromatic heterocycles. The molecule has 0 saturated carbocycles. The molecule has 0 radical (unpaired) electrons. The predicted octanol–water partition coefficient (Wildman–Crippen LogP) is 2.80. The van der Waals surface area contributed by atoms with E-state index in [1.165, 1.54) is 18.3 Å². The SMILES string of the molecule is O=C(Nc1ccnc(Cl)c1)c1cc([N+](=O)[O-])cc([N+](=O)[O-])c1. The number of rotatable bonds is 4. The maximum absolute atomic E-state index is 12.1. The topological polar surface area (TPSA) is 128 Å². The van der Waals surface area contributed by atoms with E-state index in [0.717, 1.165) is 18.2 Å². The van der Waals surface area contributed by atoms with Crippen molar-refractivity contribution in [2.75, 3.05) is 5.32 Å². The minimum Gasteiger partial charge on any atom is -0.322 e. The first-order chi connectivity index (χ1) is 10.4. The Labute approximate surface area is 127 Å². The van der Waals surface area contributed by atoms with Crippen molar-refractivity contribution in [1.82, 2.24) is 4.98 Å². The number of aromatic nitrogens is 1. The highest BCUT2D eigenvalue weighted by molar-refractivity contribution is 6.29. The largest absolute Gasteiger partial charge is 0.322 e. The fourth-order valence-electron chi connectivity index (χ4n) is 1.62. The molecule has 0 saturated heterocycles. The third-order valence-electron chi connectivity index (χ3n) is 2.57. The van der Waals surface area contributed by atoms with E-state index in [0.29, 0.717) is 5.69 Å². The smallest absolute Gasteiger partial charge is 0.277 e. The number of nitrogens with zero attached hydrogens (tertiary/aromatic N) is 3. The Morgan fingerprint density at radius 3 is 2.18 bits per heavy atom. The van der Waals surface area contributed by atoms with E-state index in [1.807, 2.05) is 0 Å². The van der Waals surface area contributed by atoms with Gasteiger partial charge in [0.15, 0.2) is 0 Å². The monoisotopic (exact) mass is 322 g/mol. The molecule has 0 atom stereocenters. The first-order valence-corrected chi connectivity index (χ1v) is 6.11. The number of benzene rings is 1. The lowest BCUT2D eigenvalue weighted by Crippen LogP contribution is -2.12. The average molecular weight is 323 g/mol. The average Bonchev–Trinajstić information content (AvgIpc) is 2.46. The van der Waals surface area contributed by atoms with Crippen molar-refractivity contribution in [3.05, 3.63) is 67.5 Å². The Balaban J connectivity index is 2.36. The number of halogens is 1. The van der Waals surface area contributed by atoms with Gasteiger partial charge in [0.05, 0.1) is 21.5 Å². The highest BCUT2D eigenvalue weighted by atomic mass is 35.5. The number of carbonyl (C=O) groups is 1. The summed E-state index contributed by atoms with van der Waals surface area (Å²) in [4.78, 5) is 35.7. The third-order valence-corrected chi connectivity index (χ3v) is 2.78. The fourth-order valence-corrected chi connectivity index (χ4v) is 1.79. The molecule has 0 spiro atoms. The number of anilines is 1. The molecule has 1 N–H and O–H groups in total. The van der Waals surface area contributed by atoms with Gasteiger partial charge in [-0.2, -0.15) is 0 Å². The quantitative estimate of drug-likeness (QED) is 0.523. The van der Waals surface area contributed by atoms with E-state index in [4.69, 9.17) is 11.6 Å². The summed E-state index contributed by atoms with van der Waals surface area (Å²) >= 11 is 5.67. The minimum atomic E-state index is -0.812. The van der Waals surface area contributed by atoms with Crippen molar-refractivity contribution in [3.63, 3.8) is 0 Å². The summed E-state index contributed by atoms with van der Waals surface area (Å²) in [5.74, 6) is -0.742. The molecule has 0 aliphatic heterocycles. The van der Waals surface area contributed by atoms with Crippen molar-refractivity contribution in [1.29, 1.82) is 0 Å². The predicted molar refractivity (Wildman–Crippen MR) is 77.0 cm³/mol. The van der Waals surface area contributed by atoms with E-state index in [2.05, 4.69) is 10.3 Å². The number of nitro benzene ring substituents is 2. The third kappa shape index (κ3) is 3.52. The van der Waals surface area contributed by atoms with Crippen molar-refractivity contribution in [2.45, 2.75) is 0 Å². The van der Waals surface area contributed by atoms with Crippen molar-refractivity contribution in [2.24, 2.45) is 0 Å². The molecule has 112 valence electrons. The lowest BCUT2D eigenvalue weighted by atomic mass is 10.1. The van der Waals surface area contributed by atoms with Crippen LogP contribution in [0.15, 0.2) is 36.5 Å². The van der Waals surface area contributed by atoms with Crippen molar-refractivity contribution in [3.8, 4) is 0 Å². The Morgan fingerprint density at radius 1 is 1.09 bits per heavy atom. The minimum absolute atomic E-state index is 0.142. The van der Waals surface area contributed by atoms with Crippen LogP contribution in [0.3, 0.4) is 0 Å². The molecule has 2 rings (SSSR count). The summed E-state index contributed by atoms with van der Waals surface area (Å²) in [6.07, 6.45) is 1.36. The number of non-ortho nitro benzene ring substituents is 2. The Hall–Kier alpha value is -3.07. The van der Waals surface area contributed by atoms with Crippen molar-refractivity contribution >= 4 is 34.6 Å². The Bertz CT molecular complexity index is 748. The second-order valence-corrected chi connectivity index (χ2v) is 4.46. The highest BCUT2D eigenvalue weighted by Gasteiger charge is 2.20. The molecule has 10 heteroatoms. The number of carbonyl (C=O) groups excluding carboxylic acids is 1. The van der Waals surface area contributed by atoms with Crippen LogP contribution < -0.4 is 5.32 Å². The molecule has 22 heavy (non-hydrogen) atoms. The first kappa shape index (κ1) is 15.3. The summed E-state index contributed by atoms with van der Waals surface area (Å²) in [6.45, 7) is 0. The van der Waals surface area contributed by atoms with E-state index in [1.54, 1.807) is 0 Å². The van der Waals surface area contributed by atoms with Gasteiger partial charge in [0.1, 0.15) is 5.15 Å². The van der Waals surface area contributed by atoms with Crippen LogP contribution in [0.1, 0.15) is 10.4 Å². The molecule has 0 bridgehead atoms. The lowest BCUT2D eigenvalue weighted by Gasteiger charge is -2.05. The van der Waals surface area contributed by atoms with Gasteiger partial charge in [0, 0.05) is 24.0 Å². The van der Waals surface area contributed by atoms with Crippen LogP contribution in [0.2, 0.25) is 5.15 Å². The van der Waals surface area contributed by atoms with Crippen LogP contribution in [0.5, 0.6) is 0 Å². The molecular weight excluding hydrogens is 316 g/mol. The summed E-state index contributed by atoms with van der Waals surface area (Å²) in [6, 6.07) is 5.50. The van der Waals surface area contributed by atoms with Gasteiger partial charge in [-0.25, -0.2) is 4.98 Å². The molecule has 9 nitrogen and oxygen atoms in total. The molecule has 1 heterocycles. The van der Waals surface area contributed by atoms with Gasteiger partial charge in [-0.15, -0.1) is 0 Å². The van der Waals surface area contributed by atoms with E-state index in [9.17, 15) is 25.0 Å². The number of pyridine rings is 1. The summed E-state index contributed by atoms with van der Waals surface area (Å²) in [5, 5.41) is 24.1. The van der Waals surface area contributed by atoms with Gasteiger partial charge in [-0.1, -0.05) is 11.6 Å². The maximum Gasteiger partial charge on any atom is 0.277 e. The standard InChI is InChI=1S/C12H7ClN4O5/c13-11-5-8(1-2-14-11)15-12(18)7-3-9(16(19)20)6-10(4-7)17(21)22/h1-6H,(H,14,15,18). The normalized spacial score (nSPS) is 10.0. The van der Waals surface area contributed by atoms with E-state index < -0.39 is 27.1 Å². The van der Waals surface area contributed by atoms with Crippen LogP contribution in [0, 0.1) is 20.2 Å². The summed E-state index contributed by atoms with van der Waals surface area (Å²) in [7, 11) is 0. The van der Waals surface area contributed by atoms with Gasteiger partial charge < -0.3 is 5.32 Å². The van der Waals surface area contributed by atoms with Gasteiger partial charge in [-0.3, -0.25) is 25.0 Å². The molecule has 0 aliphatic carbocycles. The first-order valence-electron chi connectivity index (χ1n) is 5.73. The summed E-state index contributed by atoms with van der Waals surface area (Å²) in [5.41, 5.74) is -1.01. The fraction of sp³-hybridized carbons (Fsp3) is 0. The zero-order chi connectivity index (χ0) is 16.3. The zero-order valence-corrected chi connectivity index (χ0v) is 11.5. The van der Waals surface area contributed by atoms with Gasteiger partial charge in [0.2, 0.25) is 0 Å². The van der Waals surface area contributed by atoms with Gasteiger partial charge >= 0.3 is 0 Å². The number of nitrogens with one attached hydrogen (secondary N) is 1. The van der Waals surface area contributed by atoms with E-state index in [-0.39, 0.29) is 10.7 Å². The second kappa shape index (κ2) is 6.14. The summed E-state index contributed by atoms with van der Waals surface area (Å²) < 4.78 is 0. The second-order valence-electron chi connectivity index (χ2n) is 4.07. The van der Waals surface area contributed by atoms with Gasteiger partial charge in [-0.05, 0) is 12.1 Å². The molecule has 1 aromatic carbocycles. The Kier molecular flexibility index (Phi) is 4.28. The van der Waals surface area contributed by atoms with Gasteiger partial charge in [0.25, 0.3) is 17.3 Å². The van der Waals surface area contributed by atoms with E-state index >= 15 is 0 Å². The molecule has 0 unspecified atom stereocenters. The molecule has 2 aromatic rings. The van der Waals surface area contributed by atoms with Crippen LogP contribution in [0.4, 0.5) is 17.1 Å². The molecule has 1 amide bonds. The number of hydrogen-bond donors (Lipinski definition) is 1. The molecule has 0 aliphatic rings. The van der Waals surface area contributed by atoms with Crippen LogP contribution in [-0.4, -0.2) is 20.7 Å². The zero-order valence-electron chi connectivity index (χ0n) is 10.7. The van der Waals surface area contributed by atoms with Crippen LogP contribution >= 0.6 is 11.6 Å². The highest BCUT2D eigenvalue weighted by Crippen LogP contribution is 2.23.